The summed E-state index contributed by atoms with van der Waals surface area (Å²) in [6.07, 6.45) is -0.959. The van der Waals surface area contributed by atoms with Crippen molar-refractivity contribution >= 4 is 40.8 Å². The van der Waals surface area contributed by atoms with E-state index in [1.165, 1.54) is 13.0 Å². The highest BCUT2D eigenvalue weighted by Gasteiger charge is 2.21. The Morgan fingerprint density at radius 3 is 2.31 bits per heavy atom. The fraction of sp³-hybridized carbons (Fsp3) is 0.0909. The first kappa shape index (κ1) is 20.7. The van der Waals surface area contributed by atoms with Gasteiger partial charge in [0.2, 0.25) is 0 Å². The van der Waals surface area contributed by atoms with Gasteiger partial charge in [0.05, 0.1) is 10.6 Å². The van der Waals surface area contributed by atoms with Crippen molar-refractivity contribution < 1.29 is 19.1 Å². The highest BCUT2D eigenvalue weighted by atomic mass is 35.5. The summed E-state index contributed by atoms with van der Waals surface area (Å²) in [5.74, 6) is -0.635. The Kier molecular flexibility index (Phi) is 6.75. The second kappa shape index (κ2) is 9.45. The summed E-state index contributed by atoms with van der Waals surface area (Å²) >= 11 is 11.9. The molecule has 3 aromatic rings. The summed E-state index contributed by atoms with van der Waals surface area (Å²) < 4.78 is 11.0. The molecule has 29 heavy (non-hydrogen) atoms. The molecule has 148 valence electrons. The van der Waals surface area contributed by atoms with Gasteiger partial charge in [0.15, 0.2) is 6.10 Å². The first-order chi connectivity index (χ1) is 13.9. The fourth-order valence-corrected chi connectivity index (χ4v) is 2.92. The largest absolute Gasteiger partial charge is 0.477 e. The number of nitrogens with one attached hydrogen (secondary N) is 1. The van der Waals surface area contributed by atoms with Crippen molar-refractivity contribution in [3.63, 3.8) is 0 Å². The third-order valence-electron chi connectivity index (χ3n) is 3.90. The number of halogens is 2. The molecule has 0 aliphatic carbocycles. The van der Waals surface area contributed by atoms with Crippen molar-refractivity contribution in [2.75, 3.05) is 5.32 Å². The molecule has 0 aliphatic rings. The highest BCUT2D eigenvalue weighted by molar-refractivity contribution is 6.35. The quantitative estimate of drug-likeness (QED) is 0.407. The van der Waals surface area contributed by atoms with Crippen LogP contribution in [0.4, 0.5) is 5.69 Å². The molecule has 5 nitrogen and oxygen atoms in total. The molecular weight excluding hydrogens is 413 g/mol. The lowest BCUT2D eigenvalue weighted by molar-refractivity contribution is -0.141. The minimum atomic E-state index is -0.959. The number of anilines is 1. The van der Waals surface area contributed by atoms with Gasteiger partial charge in [-0.15, -0.1) is 0 Å². The molecular formula is C22H17Cl2NO4. The number of esters is 1. The number of hydrogen-bond donors (Lipinski definition) is 1. The van der Waals surface area contributed by atoms with Crippen molar-refractivity contribution in [3.05, 3.63) is 88.4 Å². The zero-order valence-corrected chi connectivity index (χ0v) is 16.9. The van der Waals surface area contributed by atoms with Crippen LogP contribution in [-0.2, 0) is 4.79 Å². The number of rotatable bonds is 6. The number of carbonyl (C=O) groups excluding carboxylic acids is 2. The Morgan fingerprint density at radius 2 is 1.59 bits per heavy atom. The van der Waals surface area contributed by atoms with Gasteiger partial charge < -0.3 is 14.8 Å². The number of amides is 1. The van der Waals surface area contributed by atoms with E-state index in [1.807, 2.05) is 18.2 Å². The Labute approximate surface area is 178 Å². The van der Waals surface area contributed by atoms with Crippen molar-refractivity contribution in [3.8, 4) is 11.5 Å². The Hall–Kier alpha value is -3.02. The lowest BCUT2D eigenvalue weighted by atomic mass is 10.2. The zero-order valence-electron chi connectivity index (χ0n) is 15.4. The van der Waals surface area contributed by atoms with Gasteiger partial charge >= 0.3 is 5.97 Å². The van der Waals surface area contributed by atoms with E-state index in [0.717, 1.165) is 0 Å². The molecule has 0 heterocycles. The number of hydrogen-bond acceptors (Lipinski definition) is 4. The second-order valence-electron chi connectivity index (χ2n) is 6.07. The van der Waals surface area contributed by atoms with Gasteiger partial charge in [-0.2, -0.15) is 0 Å². The zero-order chi connectivity index (χ0) is 20.8. The molecule has 0 fully saturated rings. The first-order valence-corrected chi connectivity index (χ1v) is 9.48. The monoisotopic (exact) mass is 429 g/mol. The number of ether oxygens (including phenoxy) is 2. The second-order valence-corrected chi connectivity index (χ2v) is 6.92. The normalized spacial score (nSPS) is 11.4. The van der Waals surface area contributed by atoms with Crippen LogP contribution in [0.1, 0.15) is 17.3 Å². The standard InChI is InChI=1S/C22H17Cl2NO4/c1-14(28-20-12-11-15(23)13-18(20)24)22(27)29-19-10-6-5-9-17(19)21(26)25-16-7-3-2-4-8-16/h2-14H,1H3,(H,25,26)/t14-/m1/s1. The molecule has 0 saturated heterocycles. The van der Waals surface area contributed by atoms with E-state index in [2.05, 4.69) is 5.32 Å². The summed E-state index contributed by atoms with van der Waals surface area (Å²) in [5, 5.41) is 3.49. The van der Waals surface area contributed by atoms with Crippen molar-refractivity contribution in [1.82, 2.24) is 0 Å². The molecule has 7 heteroatoms. The van der Waals surface area contributed by atoms with Crippen LogP contribution in [-0.4, -0.2) is 18.0 Å². The molecule has 3 aromatic carbocycles. The van der Waals surface area contributed by atoms with Crippen LogP contribution in [0.3, 0.4) is 0 Å². The maximum atomic E-state index is 12.6. The van der Waals surface area contributed by atoms with Crippen LogP contribution < -0.4 is 14.8 Å². The predicted octanol–water partition coefficient (Wildman–Crippen LogP) is 5.62. The fourth-order valence-electron chi connectivity index (χ4n) is 2.46. The SMILES string of the molecule is C[C@@H](Oc1ccc(Cl)cc1Cl)C(=O)Oc1ccccc1C(=O)Nc1ccccc1. The van der Waals surface area contributed by atoms with E-state index in [-0.39, 0.29) is 16.3 Å². The van der Waals surface area contributed by atoms with Crippen molar-refractivity contribution in [2.45, 2.75) is 13.0 Å². The summed E-state index contributed by atoms with van der Waals surface area (Å²) in [5.41, 5.74) is 0.856. The van der Waals surface area contributed by atoms with E-state index in [4.69, 9.17) is 32.7 Å². The average Bonchev–Trinajstić information content (AvgIpc) is 2.71. The van der Waals surface area contributed by atoms with E-state index in [0.29, 0.717) is 16.5 Å². The molecule has 3 rings (SSSR count). The number of para-hydroxylation sites is 2. The van der Waals surface area contributed by atoms with Crippen LogP contribution in [0.15, 0.2) is 72.8 Å². The van der Waals surface area contributed by atoms with Crippen molar-refractivity contribution in [2.24, 2.45) is 0 Å². The molecule has 0 aromatic heterocycles. The van der Waals surface area contributed by atoms with Gasteiger partial charge in [-0.25, -0.2) is 4.79 Å². The maximum absolute atomic E-state index is 12.6. The third kappa shape index (κ3) is 5.50. The van der Waals surface area contributed by atoms with Gasteiger partial charge in [0.1, 0.15) is 11.5 Å². The molecule has 0 unspecified atom stereocenters. The van der Waals surface area contributed by atoms with Gasteiger partial charge in [-0.3, -0.25) is 4.79 Å². The van der Waals surface area contributed by atoms with Crippen LogP contribution >= 0.6 is 23.2 Å². The van der Waals surface area contributed by atoms with Crippen molar-refractivity contribution in [1.29, 1.82) is 0 Å². The predicted molar refractivity (Wildman–Crippen MR) is 113 cm³/mol. The lowest BCUT2D eigenvalue weighted by Crippen LogP contribution is -2.29. The average molecular weight is 430 g/mol. The summed E-state index contributed by atoms with van der Waals surface area (Å²) in [6.45, 7) is 1.53. The molecule has 0 radical (unpaired) electrons. The minimum absolute atomic E-state index is 0.128. The maximum Gasteiger partial charge on any atom is 0.352 e. The van der Waals surface area contributed by atoms with Gasteiger partial charge in [0.25, 0.3) is 5.91 Å². The molecule has 1 atom stereocenters. The van der Waals surface area contributed by atoms with E-state index >= 15 is 0 Å². The molecule has 0 spiro atoms. The van der Waals surface area contributed by atoms with Crippen LogP contribution in [0.25, 0.3) is 0 Å². The Bertz CT molecular complexity index is 1020. The van der Waals surface area contributed by atoms with Crippen LogP contribution in [0, 0.1) is 0 Å². The molecule has 0 bridgehead atoms. The van der Waals surface area contributed by atoms with Crippen LogP contribution in [0.5, 0.6) is 11.5 Å². The van der Waals surface area contributed by atoms with Crippen LogP contribution in [0.2, 0.25) is 10.0 Å². The van der Waals surface area contributed by atoms with E-state index < -0.39 is 18.0 Å². The minimum Gasteiger partial charge on any atom is -0.477 e. The lowest BCUT2D eigenvalue weighted by Gasteiger charge is -2.16. The summed E-state index contributed by atoms with van der Waals surface area (Å²) in [4.78, 5) is 25.1. The number of carbonyl (C=O) groups is 2. The van der Waals surface area contributed by atoms with E-state index in [9.17, 15) is 9.59 Å². The topological polar surface area (TPSA) is 64.6 Å². The molecule has 0 saturated carbocycles. The Morgan fingerprint density at radius 1 is 0.897 bits per heavy atom. The Balaban J connectivity index is 1.71. The smallest absolute Gasteiger partial charge is 0.352 e. The summed E-state index contributed by atoms with van der Waals surface area (Å²) in [6, 6.07) is 20.1. The third-order valence-corrected chi connectivity index (χ3v) is 4.43. The highest BCUT2D eigenvalue weighted by Crippen LogP contribution is 2.29. The summed E-state index contributed by atoms with van der Waals surface area (Å²) in [7, 11) is 0. The van der Waals surface area contributed by atoms with Gasteiger partial charge in [-0.05, 0) is 49.4 Å². The van der Waals surface area contributed by atoms with E-state index in [1.54, 1.807) is 48.5 Å². The molecule has 0 aliphatic heterocycles. The van der Waals surface area contributed by atoms with Gasteiger partial charge in [-0.1, -0.05) is 53.5 Å². The number of benzene rings is 3. The molecule has 1 amide bonds. The van der Waals surface area contributed by atoms with Gasteiger partial charge in [0, 0.05) is 10.7 Å². The first-order valence-electron chi connectivity index (χ1n) is 8.73. The molecule has 1 N–H and O–H groups in total.